The quantitative estimate of drug-likeness (QED) is 0.278. The molecule has 184 valence electrons. The van der Waals surface area contributed by atoms with Crippen LogP contribution in [0.5, 0.6) is 0 Å². The molecule has 37 heavy (non-hydrogen) atoms. The van der Waals surface area contributed by atoms with Gasteiger partial charge in [0.2, 0.25) is 0 Å². The number of hydrogen-bond donors (Lipinski definition) is 2. The van der Waals surface area contributed by atoms with Gasteiger partial charge in [-0.05, 0) is 43.3 Å². The summed E-state index contributed by atoms with van der Waals surface area (Å²) in [5.74, 6) is -0.488. The fraction of sp³-hybridized carbons (Fsp3) is 0.0714. The molecule has 0 aliphatic carbocycles. The summed E-state index contributed by atoms with van der Waals surface area (Å²) in [4.78, 5) is 25.2. The number of benzene rings is 4. The number of amides is 1. The molecule has 9 heteroatoms. The summed E-state index contributed by atoms with van der Waals surface area (Å²) < 4.78 is 40.9. The van der Waals surface area contributed by atoms with Crippen molar-refractivity contribution in [2.24, 2.45) is 0 Å². The third kappa shape index (κ3) is 3.71. The third-order valence-electron chi connectivity index (χ3n) is 6.24. The Morgan fingerprint density at radius 2 is 1.78 bits per heavy atom. The van der Waals surface area contributed by atoms with Gasteiger partial charge in [0, 0.05) is 38.7 Å². The minimum Gasteiger partial charge on any atom is -0.462 e. The van der Waals surface area contributed by atoms with Crippen LogP contribution in [0.25, 0.3) is 33.1 Å². The molecule has 0 bridgehead atoms. The number of hydrogen-bond acceptors (Lipinski definition) is 6. The number of ether oxygens (including phenoxy) is 1. The van der Waals surface area contributed by atoms with Crippen LogP contribution < -0.4 is 10.0 Å². The molecule has 0 spiro atoms. The number of sulfonamides is 1. The summed E-state index contributed by atoms with van der Waals surface area (Å²) in [6.07, 6.45) is 0. The second-order valence-corrected chi connectivity index (χ2v) is 10.2. The number of fused-ring (bicyclic) bond motifs is 1. The number of rotatable bonds is 6. The minimum absolute atomic E-state index is 0.0347. The van der Waals surface area contributed by atoms with Crippen molar-refractivity contribution in [2.45, 2.75) is 11.8 Å². The van der Waals surface area contributed by atoms with Gasteiger partial charge < -0.3 is 14.5 Å². The van der Waals surface area contributed by atoms with E-state index in [1.165, 1.54) is 6.07 Å². The number of nitrogens with one attached hydrogen (secondary N) is 2. The van der Waals surface area contributed by atoms with Crippen molar-refractivity contribution < 1.29 is 27.2 Å². The zero-order chi connectivity index (χ0) is 25.7. The first-order valence-electron chi connectivity index (χ1n) is 11.6. The maximum atomic E-state index is 13.5. The van der Waals surface area contributed by atoms with Crippen LogP contribution in [0, 0.1) is 0 Å². The summed E-state index contributed by atoms with van der Waals surface area (Å²) in [5, 5.41) is 4.18. The molecule has 2 heterocycles. The van der Waals surface area contributed by atoms with E-state index in [0.29, 0.717) is 44.3 Å². The van der Waals surface area contributed by atoms with Gasteiger partial charge in [0.15, 0.2) is 0 Å². The second-order valence-electron chi connectivity index (χ2n) is 8.50. The third-order valence-corrected chi connectivity index (χ3v) is 7.68. The lowest BCUT2D eigenvalue weighted by atomic mass is 10.1. The molecule has 0 unspecified atom stereocenters. The van der Waals surface area contributed by atoms with Crippen LogP contribution in [0.1, 0.15) is 27.6 Å². The van der Waals surface area contributed by atoms with Crippen molar-refractivity contribution in [3.8, 4) is 11.3 Å². The second kappa shape index (κ2) is 8.49. The van der Waals surface area contributed by atoms with E-state index in [9.17, 15) is 18.0 Å². The van der Waals surface area contributed by atoms with Gasteiger partial charge in [-0.3, -0.25) is 9.52 Å². The lowest BCUT2D eigenvalue weighted by molar-refractivity contribution is 0.0528. The predicted molar refractivity (Wildman–Crippen MR) is 140 cm³/mol. The normalized spacial score (nSPS) is 12.6. The van der Waals surface area contributed by atoms with Crippen molar-refractivity contribution in [2.75, 3.05) is 16.6 Å². The minimum atomic E-state index is -4.06. The lowest BCUT2D eigenvalue weighted by Gasteiger charge is -2.11. The zero-order valence-corrected chi connectivity index (χ0v) is 20.4. The van der Waals surface area contributed by atoms with Gasteiger partial charge in [0.05, 0.1) is 11.5 Å². The first-order valence-corrected chi connectivity index (χ1v) is 13.0. The number of furan rings is 1. The highest BCUT2D eigenvalue weighted by Crippen LogP contribution is 2.38. The van der Waals surface area contributed by atoms with E-state index in [1.54, 1.807) is 49.4 Å². The average molecular weight is 513 g/mol. The molecule has 0 fully saturated rings. The first-order chi connectivity index (χ1) is 17.9. The highest BCUT2D eigenvalue weighted by Gasteiger charge is 2.27. The van der Waals surface area contributed by atoms with Gasteiger partial charge in [0.25, 0.3) is 15.9 Å². The summed E-state index contributed by atoms with van der Waals surface area (Å²) in [7, 11) is -4.06. The van der Waals surface area contributed by atoms with Gasteiger partial charge in [-0.25, -0.2) is 13.2 Å². The fourth-order valence-corrected chi connectivity index (χ4v) is 5.92. The predicted octanol–water partition coefficient (Wildman–Crippen LogP) is 5.80. The number of carbonyl (C=O) groups excluding carboxylic acids is 2. The molecule has 8 nitrogen and oxygen atoms in total. The maximum absolute atomic E-state index is 13.5. The average Bonchev–Trinajstić information content (AvgIpc) is 3.43. The summed E-state index contributed by atoms with van der Waals surface area (Å²) in [5.41, 5.74) is 2.58. The Labute approximate surface area is 211 Å². The highest BCUT2D eigenvalue weighted by atomic mass is 32.2. The van der Waals surface area contributed by atoms with E-state index in [1.807, 2.05) is 30.3 Å². The number of anilines is 2. The Hall–Kier alpha value is -4.63. The topological polar surface area (TPSA) is 115 Å². The van der Waals surface area contributed by atoms with Gasteiger partial charge in [-0.15, -0.1) is 0 Å². The van der Waals surface area contributed by atoms with Gasteiger partial charge >= 0.3 is 5.97 Å². The molecule has 0 saturated heterocycles. The van der Waals surface area contributed by atoms with E-state index in [2.05, 4.69) is 10.0 Å². The first kappa shape index (κ1) is 22.8. The number of esters is 1. The van der Waals surface area contributed by atoms with Crippen LogP contribution >= 0.6 is 0 Å². The largest absolute Gasteiger partial charge is 0.462 e. The van der Waals surface area contributed by atoms with E-state index in [0.717, 1.165) is 0 Å². The summed E-state index contributed by atoms with van der Waals surface area (Å²) in [6.45, 7) is 1.89. The molecule has 1 aliphatic rings. The summed E-state index contributed by atoms with van der Waals surface area (Å²) in [6, 6.07) is 21.9. The molecule has 0 saturated carbocycles. The molecule has 0 atom stereocenters. The number of carbonyl (C=O) groups is 2. The Balaban J connectivity index is 1.46. The van der Waals surface area contributed by atoms with Crippen LogP contribution in [0.4, 0.5) is 11.4 Å². The van der Waals surface area contributed by atoms with Crippen LogP contribution in [0.15, 0.2) is 88.2 Å². The summed E-state index contributed by atoms with van der Waals surface area (Å²) >= 11 is 0. The van der Waals surface area contributed by atoms with E-state index in [-0.39, 0.29) is 28.7 Å². The van der Waals surface area contributed by atoms with Gasteiger partial charge in [-0.1, -0.05) is 42.5 Å². The standard InChI is InChI=1S/C28H20N2O6S/c1-2-35-28(32)25-20-15-17(11-13-22(20)36-26(25)16-7-4-3-5-8-16)30-37(33,34)23-14-12-21-24-18(23)9-6-10-19(24)27(31)29-21/h3-15,30H,2H2,1H3,(H,29,31). The van der Waals surface area contributed by atoms with Crippen molar-refractivity contribution >= 4 is 55.0 Å². The van der Waals surface area contributed by atoms with Crippen molar-refractivity contribution in [1.29, 1.82) is 0 Å². The molecule has 1 aliphatic heterocycles. The van der Waals surface area contributed by atoms with Crippen LogP contribution in [-0.2, 0) is 14.8 Å². The zero-order valence-electron chi connectivity index (χ0n) is 19.6. The molecular formula is C28H20N2O6S. The molecule has 1 amide bonds. The van der Waals surface area contributed by atoms with E-state index < -0.39 is 16.0 Å². The molecular weight excluding hydrogens is 492 g/mol. The van der Waals surface area contributed by atoms with Gasteiger partial charge in [0.1, 0.15) is 16.9 Å². The van der Waals surface area contributed by atoms with E-state index in [4.69, 9.17) is 9.15 Å². The molecule has 1 aromatic heterocycles. The monoisotopic (exact) mass is 512 g/mol. The molecule has 4 aromatic carbocycles. The Morgan fingerprint density at radius 1 is 0.973 bits per heavy atom. The van der Waals surface area contributed by atoms with Crippen molar-refractivity contribution in [1.82, 2.24) is 0 Å². The van der Waals surface area contributed by atoms with Crippen LogP contribution in [-0.4, -0.2) is 26.9 Å². The fourth-order valence-electron chi connectivity index (χ4n) is 4.67. The van der Waals surface area contributed by atoms with E-state index >= 15 is 0 Å². The Morgan fingerprint density at radius 3 is 2.57 bits per heavy atom. The lowest BCUT2D eigenvalue weighted by Crippen LogP contribution is -2.13. The van der Waals surface area contributed by atoms with Crippen molar-refractivity contribution in [3.05, 3.63) is 90.0 Å². The Bertz CT molecular complexity index is 1840. The molecule has 5 aromatic rings. The maximum Gasteiger partial charge on any atom is 0.342 e. The van der Waals surface area contributed by atoms with Crippen molar-refractivity contribution in [3.63, 3.8) is 0 Å². The smallest absolute Gasteiger partial charge is 0.342 e. The Kier molecular flexibility index (Phi) is 5.24. The molecule has 2 N–H and O–H groups in total. The SMILES string of the molecule is CCOC(=O)c1c(-c2ccccc2)oc2ccc(NS(=O)(=O)c3ccc4c5c(cccc35)C(=O)N4)cc12. The van der Waals surface area contributed by atoms with Gasteiger partial charge in [-0.2, -0.15) is 0 Å². The molecule has 0 radical (unpaired) electrons. The van der Waals surface area contributed by atoms with Crippen LogP contribution in [0.2, 0.25) is 0 Å². The molecule has 6 rings (SSSR count). The van der Waals surface area contributed by atoms with Crippen LogP contribution in [0.3, 0.4) is 0 Å². The highest BCUT2D eigenvalue weighted by molar-refractivity contribution is 7.93.